The number of carbonyl (C=O) groups is 2. The largest absolute Gasteiger partial charge is 0.468 e. The Kier molecular flexibility index (Phi) is 22.9. The third-order valence-corrected chi connectivity index (χ3v) is 6.64. The maximum absolute atomic E-state index is 12.9. The molecule has 7 heteroatoms. The minimum Gasteiger partial charge on any atom is -0.468 e. The average Bonchev–Trinajstić information content (AvgIpc) is 2.88. The van der Waals surface area contributed by atoms with E-state index in [9.17, 15) is 14.7 Å². The molecule has 0 aromatic rings. The normalized spacial score (nSPS) is 16.5. The highest BCUT2D eigenvalue weighted by atomic mass is 16.5. The van der Waals surface area contributed by atoms with Gasteiger partial charge in [0.1, 0.15) is 5.78 Å². The van der Waals surface area contributed by atoms with Crippen molar-refractivity contribution < 1.29 is 24.5 Å². The number of aliphatic hydroxyl groups is 2. The standard InChI is InChI=1S/C22H40O4.C8H14N2O/c1-7-20(24)22(6,8-2)21(25)19(5)15-18(4)12-9-11-17(3)13-10-14-26-16-23;1-3-4-8(7-9-2)10-5-6-11/h13,16,18-20,24H,7-12,14-15H2,1-6H3;3-5,7,9,11H,6H2,1-2H3/b17-13-;4-3-,8-7-,10-5?/t18-,19?,20-,22?;/m0./s1. The topological polar surface area (TPSA) is 108 Å². The number of aliphatic imine (C=N–C) groups is 1. The minimum atomic E-state index is -0.628. The van der Waals surface area contributed by atoms with E-state index in [-0.39, 0.29) is 18.3 Å². The van der Waals surface area contributed by atoms with Gasteiger partial charge in [-0.25, -0.2) is 0 Å². The zero-order chi connectivity index (χ0) is 28.7. The van der Waals surface area contributed by atoms with Crippen molar-refractivity contribution in [3.8, 4) is 0 Å². The fourth-order valence-electron chi connectivity index (χ4n) is 4.26. The number of aliphatic hydroxyl groups excluding tert-OH is 2. The molecule has 0 spiro atoms. The number of ketones is 1. The number of carbonyl (C=O) groups excluding carboxylic acids is 2. The third kappa shape index (κ3) is 17.0. The van der Waals surface area contributed by atoms with Gasteiger partial charge in [-0.05, 0) is 64.4 Å². The average molecular weight is 523 g/mol. The molecule has 0 aromatic carbocycles. The summed E-state index contributed by atoms with van der Waals surface area (Å²) in [6.07, 6.45) is 14.7. The monoisotopic (exact) mass is 522 g/mol. The summed E-state index contributed by atoms with van der Waals surface area (Å²) < 4.78 is 4.68. The van der Waals surface area contributed by atoms with Gasteiger partial charge in [0.25, 0.3) is 6.47 Å². The van der Waals surface area contributed by atoms with E-state index in [1.807, 2.05) is 46.8 Å². The Balaban J connectivity index is 0. The minimum absolute atomic E-state index is 0.0201. The van der Waals surface area contributed by atoms with E-state index in [1.54, 1.807) is 13.2 Å². The molecule has 37 heavy (non-hydrogen) atoms. The van der Waals surface area contributed by atoms with Crippen molar-refractivity contribution in [1.82, 2.24) is 5.32 Å². The third-order valence-electron chi connectivity index (χ3n) is 6.64. The first-order valence-corrected chi connectivity index (χ1v) is 13.6. The van der Waals surface area contributed by atoms with Gasteiger partial charge in [0.15, 0.2) is 0 Å². The fourth-order valence-corrected chi connectivity index (χ4v) is 4.26. The molecule has 0 radical (unpaired) electrons. The second kappa shape index (κ2) is 22.9. The van der Waals surface area contributed by atoms with Gasteiger partial charge in [0, 0.05) is 25.4 Å². The molecule has 0 fully saturated rings. The Morgan fingerprint density at radius 1 is 1.24 bits per heavy atom. The molecule has 0 bridgehead atoms. The van der Waals surface area contributed by atoms with Crippen LogP contribution in [0.25, 0.3) is 0 Å². The van der Waals surface area contributed by atoms with Crippen LogP contribution in [0.5, 0.6) is 0 Å². The van der Waals surface area contributed by atoms with Crippen LogP contribution < -0.4 is 5.32 Å². The summed E-state index contributed by atoms with van der Waals surface area (Å²) in [6.45, 7) is 15.0. The molecule has 0 saturated heterocycles. The van der Waals surface area contributed by atoms with Gasteiger partial charge in [0.05, 0.1) is 30.4 Å². The number of ether oxygens (including phenoxy) is 1. The summed E-state index contributed by atoms with van der Waals surface area (Å²) in [5.41, 5.74) is 1.49. The summed E-state index contributed by atoms with van der Waals surface area (Å²) in [4.78, 5) is 26.9. The van der Waals surface area contributed by atoms with Gasteiger partial charge >= 0.3 is 0 Å². The molecule has 7 nitrogen and oxygen atoms in total. The van der Waals surface area contributed by atoms with Crippen LogP contribution in [0.3, 0.4) is 0 Å². The molecule has 0 amide bonds. The number of allylic oxidation sites excluding steroid dienone is 3. The number of Topliss-reactive ketones (excluding diaryl/α,β-unsaturated/α-hetero) is 1. The Labute approximate surface area is 226 Å². The van der Waals surface area contributed by atoms with E-state index < -0.39 is 11.5 Å². The summed E-state index contributed by atoms with van der Waals surface area (Å²) in [5.74, 6) is 0.667. The van der Waals surface area contributed by atoms with Crippen LogP contribution in [-0.2, 0) is 14.3 Å². The van der Waals surface area contributed by atoms with Gasteiger partial charge in [-0.3, -0.25) is 14.6 Å². The van der Waals surface area contributed by atoms with Crippen molar-refractivity contribution in [1.29, 1.82) is 0 Å². The maximum Gasteiger partial charge on any atom is 0.293 e. The van der Waals surface area contributed by atoms with E-state index in [4.69, 9.17) is 5.11 Å². The van der Waals surface area contributed by atoms with E-state index in [1.165, 1.54) is 11.8 Å². The van der Waals surface area contributed by atoms with Crippen molar-refractivity contribution in [3.05, 3.63) is 35.7 Å². The van der Waals surface area contributed by atoms with E-state index in [0.717, 1.165) is 37.8 Å². The molecule has 4 atom stereocenters. The number of hydrogen-bond donors (Lipinski definition) is 3. The maximum atomic E-state index is 12.9. The van der Waals surface area contributed by atoms with Crippen molar-refractivity contribution in [2.45, 2.75) is 99.5 Å². The van der Waals surface area contributed by atoms with E-state index in [0.29, 0.717) is 31.8 Å². The molecular weight excluding hydrogens is 468 g/mol. The van der Waals surface area contributed by atoms with E-state index >= 15 is 0 Å². The lowest BCUT2D eigenvalue weighted by Crippen LogP contribution is -2.42. The van der Waals surface area contributed by atoms with Crippen molar-refractivity contribution >= 4 is 18.5 Å². The highest BCUT2D eigenvalue weighted by Gasteiger charge is 2.40. The summed E-state index contributed by atoms with van der Waals surface area (Å²) >= 11 is 0. The molecule has 0 aliphatic rings. The Morgan fingerprint density at radius 2 is 1.92 bits per heavy atom. The molecule has 0 aliphatic carbocycles. The number of hydrogen-bond acceptors (Lipinski definition) is 7. The molecule has 0 aliphatic heterocycles. The predicted octanol–water partition coefficient (Wildman–Crippen LogP) is 5.77. The highest BCUT2D eigenvalue weighted by Crippen LogP contribution is 2.34. The molecule has 0 heterocycles. The smallest absolute Gasteiger partial charge is 0.293 e. The zero-order valence-electron chi connectivity index (χ0n) is 24.6. The fraction of sp³-hybridized carbons (Fsp3) is 0.700. The SMILES string of the molecule is C/C=C\C(=C\NC)N=CCO.CC[C@H](O)C(C)(CC)C(=O)C(C)C[C@@H](C)CCC/C(C)=C\CCOC=O. The zero-order valence-corrected chi connectivity index (χ0v) is 24.6. The predicted molar refractivity (Wildman–Crippen MR) is 154 cm³/mol. The molecule has 0 aromatic heterocycles. The van der Waals surface area contributed by atoms with Gasteiger partial charge in [-0.2, -0.15) is 0 Å². The first kappa shape index (κ1) is 36.9. The Bertz CT molecular complexity index is 729. The van der Waals surface area contributed by atoms with Crippen molar-refractivity contribution in [3.63, 3.8) is 0 Å². The number of nitrogens with zero attached hydrogens (tertiary/aromatic N) is 1. The first-order valence-electron chi connectivity index (χ1n) is 13.6. The molecule has 214 valence electrons. The molecule has 0 saturated carbocycles. The van der Waals surface area contributed by atoms with Crippen molar-refractivity contribution in [2.24, 2.45) is 22.2 Å². The number of rotatable bonds is 19. The lowest BCUT2D eigenvalue weighted by atomic mass is 9.71. The lowest BCUT2D eigenvalue weighted by Gasteiger charge is -2.34. The highest BCUT2D eigenvalue weighted by molar-refractivity contribution is 5.87. The second-order valence-electron chi connectivity index (χ2n) is 9.85. The molecule has 2 unspecified atom stereocenters. The van der Waals surface area contributed by atoms with Gasteiger partial charge in [-0.1, -0.05) is 58.8 Å². The molecule has 3 N–H and O–H groups in total. The van der Waals surface area contributed by atoms with Crippen LogP contribution in [0.2, 0.25) is 0 Å². The molecule has 0 rings (SSSR count). The lowest BCUT2D eigenvalue weighted by molar-refractivity contribution is -0.139. The van der Waals surface area contributed by atoms with Gasteiger partial charge < -0.3 is 20.3 Å². The Hall–Kier alpha value is -2.25. The Morgan fingerprint density at radius 3 is 2.43 bits per heavy atom. The van der Waals surface area contributed by atoms with E-state index in [2.05, 4.69) is 35.0 Å². The van der Waals surface area contributed by atoms with Crippen LogP contribution in [0.15, 0.2) is 40.7 Å². The van der Waals surface area contributed by atoms with Gasteiger partial charge in [0.2, 0.25) is 0 Å². The van der Waals surface area contributed by atoms with Crippen LogP contribution in [-0.4, -0.2) is 55.0 Å². The summed E-state index contributed by atoms with van der Waals surface area (Å²) in [6, 6.07) is 0. The summed E-state index contributed by atoms with van der Waals surface area (Å²) in [7, 11) is 1.80. The molecular formula is C30H54N2O5. The number of nitrogens with one attached hydrogen (secondary N) is 1. The summed E-state index contributed by atoms with van der Waals surface area (Å²) in [5, 5.41) is 21.6. The van der Waals surface area contributed by atoms with Crippen LogP contribution in [0.4, 0.5) is 0 Å². The first-order chi connectivity index (χ1) is 17.6. The van der Waals surface area contributed by atoms with Crippen molar-refractivity contribution in [2.75, 3.05) is 20.3 Å². The second-order valence-corrected chi connectivity index (χ2v) is 9.85. The quantitative estimate of drug-likeness (QED) is 0.0653. The van der Waals surface area contributed by atoms with Gasteiger partial charge in [-0.15, -0.1) is 0 Å². The van der Waals surface area contributed by atoms with Crippen LogP contribution >= 0.6 is 0 Å². The van der Waals surface area contributed by atoms with Crippen LogP contribution in [0.1, 0.15) is 93.4 Å². The van der Waals surface area contributed by atoms with Crippen LogP contribution in [0, 0.1) is 17.3 Å².